The molecule has 120 valence electrons. The Morgan fingerprint density at radius 3 is 2.35 bits per heavy atom. The lowest BCUT2D eigenvalue weighted by molar-refractivity contribution is 0.194. The first-order chi connectivity index (χ1) is 11.1. The maximum atomic E-state index is 12.4. The monoisotopic (exact) mass is 312 g/mol. The third kappa shape index (κ3) is 3.59. The van der Waals surface area contributed by atoms with E-state index in [1.807, 2.05) is 17.0 Å². The van der Waals surface area contributed by atoms with Gasteiger partial charge in [-0.05, 0) is 57.0 Å². The molecule has 6 nitrogen and oxygen atoms in total. The van der Waals surface area contributed by atoms with Gasteiger partial charge in [-0.2, -0.15) is 0 Å². The van der Waals surface area contributed by atoms with Gasteiger partial charge >= 0.3 is 12.0 Å². The molecule has 2 atom stereocenters. The molecule has 2 amide bonds. The normalized spacial score (nSPS) is 20.3. The van der Waals surface area contributed by atoms with E-state index in [4.69, 9.17) is 4.74 Å². The van der Waals surface area contributed by atoms with E-state index in [-0.39, 0.29) is 18.1 Å². The summed E-state index contributed by atoms with van der Waals surface area (Å²) in [6.45, 7) is 4.17. The molecule has 1 saturated heterocycles. The van der Waals surface area contributed by atoms with E-state index in [2.05, 4.69) is 29.1 Å². The average Bonchev–Trinajstić information content (AvgIpc) is 2.89. The number of amides is 2. The Morgan fingerprint density at radius 1 is 1.13 bits per heavy atom. The van der Waals surface area contributed by atoms with E-state index in [0.717, 1.165) is 18.5 Å². The number of aromatic nitrogens is 2. The van der Waals surface area contributed by atoms with Crippen LogP contribution in [-0.2, 0) is 0 Å². The van der Waals surface area contributed by atoms with Gasteiger partial charge in [0.05, 0.1) is 0 Å². The number of carbonyl (C=O) groups is 1. The summed E-state index contributed by atoms with van der Waals surface area (Å²) < 4.78 is 5.53. The fourth-order valence-corrected chi connectivity index (χ4v) is 2.83. The van der Waals surface area contributed by atoms with Crippen LogP contribution in [0.2, 0.25) is 0 Å². The Balaban J connectivity index is 1.62. The number of benzene rings is 1. The van der Waals surface area contributed by atoms with Gasteiger partial charge in [0.1, 0.15) is 5.75 Å². The summed E-state index contributed by atoms with van der Waals surface area (Å²) in [6, 6.07) is 9.71. The molecule has 6 heteroatoms. The predicted molar refractivity (Wildman–Crippen MR) is 87.6 cm³/mol. The average molecular weight is 312 g/mol. The number of likely N-dealkylation sites (tertiary alicyclic amines) is 1. The van der Waals surface area contributed by atoms with Crippen LogP contribution in [0.1, 0.15) is 26.7 Å². The third-order valence-corrected chi connectivity index (χ3v) is 4.04. The van der Waals surface area contributed by atoms with Crippen molar-refractivity contribution in [1.29, 1.82) is 0 Å². The lowest BCUT2D eigenvalue weighted by atomic mass is 10.2. The van der Waals surface area contributed by atoms with E-state index >= 15 is 0 Å². The minimum absolute atomic E-state index is 0.0532. The van der Waals surface area contributed by atoms with E-state index in [9.17, 15) is 4.79 Å². The molecule has 2 heterocycles. The Morgan fingerprint density at radius 2 is 1.74 bits per heavy atom. The van der Waals surface area contributed by atoms with Gasteiger partial charge in [0.25, 0.3) is 0 Å². The van der Waals surface area contributed by atoms with E-state index in [0.29, 0.717) is 11.8 Å². The van der Waals surface area contributed by atoms with E-state index < -0.39 is 0 Å². The second kappa shape index (κ2) is 6.64. The first-order valence-corrected chi connectivity index (χ1v) is 7.78. The van der Waals surface area contributed by atoms with Crippen molar-refractivity contribution in [3.8, 4) is 11.8 Å². The van der Waals surface area contributed by atoms with Crippen molar-refractivity contribution in [2.75, 3.05) is 5.32 Å². The summed E-state index contributed by atoms with van der Waals surface area (Å²) in [5.74, 6) is 0.622. The summed E-state index contributed by atoms with van der Waals surface area (Å²) in [6.07, 6.45) is 5.35. The molecule has 1 aliphatic heterocycles. The standard InChI is InChI=1S/C17H20N4O2/c1-12-4-5-13(2)21(12)17(22)20-14-6-8-15(9-7-14)23-16-18-10-3-11-19-16/h3,6-13H,4-5H2,1-2H3,(H,20,22)/t12-,13-/m1/s1. The molecular weight excluding hydrogens is 292 g/mol. The molecule has 0 bridgehead atoms. The number of nitrogens with one attached hydrogen (secondary N) is 1. The van der Waals surface area contributed by atoms with Crippen molar-refractivity contribution in [2.45, 2.75) is 38.8 Å². The zero-order valence-electron chi connectivity index (χ0n) is 13.3. The first-order valence-electron chi connectivity index (χ1n) is 7.78. The molecule has 0 spiro atoms. The van der Waals surface area contributed by atoms with Gasteiger partial charge < -0.3 is 15.0 Å². The second-order valence-electron chi connectivity index (χ2n) is 5.77. The van der Waals surface area contributed by atoms with Gasteiger partial charge in [0, 0.05) is 30.2 Å². The maximum absolute atomic E-state index is 12.4. The zero-order valence-corrected chi connectivity index (χ0v) is 13.3. The van der Waals surface area contributed by atoms with Gasteiger partial charge in [-0.15, -0.1) is 0 Å². The van der Waals surface area contributed by atoms with Crippen molar-refractivity contribution in [3.63, 3.8) is 0 Å². The highest BCUT2D eigenvalue weighted by molar-refractivity contribution is 5.90. The number of ether oxygens (including phenoxy) is 1. The zero-order chi connectivity index (χ0) is 16.2. The summed E-state index contributed by atoms with van der Waals surface area (Å²) >= 11 is 0. The van der Waals surface area contributed by atoms with Gasteiger partial charge in [0.2, 0.25) is 0 Å². The van der Waals surface area contributed by atoms with Crippen LogP contribution in [0.5, 0.6) is 11.8 Å². The number of anilines is 1. The van der Waals surface area contributed by atoms with Crippen molar-refractivity contribution >= 4 is 11.7 Å². The van der Waals surface area contributed by atoms with Crippen LogP contribution in [-0.4, -0.2) is 33.0 Å². The molecule has 0 radical (unpaired) electrons. The lowest BCUT2D eigenvalue weighted by Gasteiger charge is -2.26. The number of hydrogen-bond donors (Lipinski definition) is 1. The van der Waals surface area contributed by atoms with Crippen molar-refractivity contribution in [3.05, 3.63) is 42.7 Å². The summed E-state index contributed by atoms with van der Waals surface area (Å²) in [4.78, 5) is 22.3. The predicted octanol–water partition coefficient (Wildman–Crippen LogP) is 3.67. The van der Waals surface area contributed by atoms with Crippen molar-refractivity contribution in [1.82, 2.24) is 14.9 Å². The van der Waals surface area contributed by atoms with Crippen molar-refractivity contribution in [2.24, 2.45) is 0 Å². The molecule has 3 rings (SSSR count). The minimum Gasteiger partial charge on any atom is -0.424 e. The summed E-state index contributed by atoms with van der Waals surface area (Å²) in [7, 11) is 0. The van der Waals surface area contributed by atoms with E-state index in [1.54, 1.807) is 30.6 Å². The topological polar surface area (TPSA) is 67.4 Å². The number of carbonyl (C=O) groups excluding carboxylic acids is 1. The number of urea groups is 1. The number of nitrogens with zero attached hydrogens (tertiary/aromatic N) is 3. The molecule has 0 saturated carbocycles. The quantitative estimate of drug-likeness (QED) is 0.939. The Kier molecular flexibility index (Phi) is 4.41. The van der Waals surface area contributed by atoms with Gasteiger partial charge in [-0.1, -0.05) is 0 Å². The Hall–Kier alpha value is -2.63. The van der Waals surface area contributed by atoms with Gasteiger partial charge in [-0.3, -0.25) is 0 Å². The van der Waals surface area contributed by atoms with Crippen LogP contribution < -0.4 is 10.1 Å². The molecule has 1 aliphatic rings. The number of hydrogen-bond acceptors (Lipinski definition) is 4. The molecule has 1 aromatic heterocycles. The molecular formula is C17H20N4O2. The van der Waals surface area contributed by atoms with Crippen LogP contribution in [0.25, 0.3) is 0 Å². The SMILES string of the molecule is C[C@@H]1CC[C@@H](C)N1C(=O)Nc1ccc(Oc2ncccn2)cc1. The van der Waals surface area contributed by atoms with Gasteiger partial charge in [-0.25, -0.2) is 14.8 Å². The maximum Gasteiger partial charge on any atom is 0.322 e. The highest BCUT2D eigenvalue weighted by atomic mass is 16.5. The fraction of sp³-hybridized carbons (Fsp3) is 0.353. The smallest absolute Gasteiger partial charge is 0.322 e. The van der Waals surface area contributed by atoms with Crippen LogP contribution in [0, 0.1) is 0 Å². The summed E-state index contributed by atoms with van der Waals surface area (Å²) in [5.41, 5.74) is 0.739. The van der Waals surface area contributed by atoms with Crippen LogP contribution >= 0.6 is 0 Å². The second-order valence-corrected chi connectivity index (χ2v) is 5.77. The largest absolute Gasteiger partial charge is 0.424 e. The highest BCUT2D eigenvalue weighted by Crippen LogP contribution is 2.25. The third-order valence-electron chi connectivity index (χ3n) is 4.04. The van der Waals surface area contributed by atoms with E-state index in [1.165, 1.54) is 0 Å². The first kappa shape index (κ1) is 15.3. The molecule has 1 fully saturated rings. The molecule has 0 unspecified atom stereocenters. The minimum atomic E-state index is -0.0532. The molecule has 23 heavy (non-hydrogen) atoms. The summed E-state index contributed by atoms with van der Waals surface area (Å²) in [5, 5.41) is 2.94. The molecule has 1 N–H and O–H groups in total. The van der Waals surface area contributed by atoms with Crippen LogP contribution in [0.4, 0.5) is 10.5 Å². The molecule has 0 aliphatic carbocycles. The lowest BCUT2D eigenvalue weighted by Crippen LogP contribution is -2.41. The Labute approximate surface area is 135 Å². The Bertz CT molecular complexity index is 650. The molecule has 1 aromatic carbocycles. The number of rotatable bonds is 3. The van der Waals surface area contributed by atoms with Gasteiger partial charge in [0.15, 0.2) is 0 Å². The molecule has 2 aromatic rings. The van der Waals surface area contributed by atoms with Crippen LogP contribution in [0.3, 0.4) is 0 Å². The van der Waals surface area contributed by atoms with Crippen molar-refractivity contribution < 1.29 is 9.53 Å². The van der Waals surface area contributed by atoms with Crippen LogP contribution in [0.15, 0.2) is 42.7 Å². The fourth-order valence-electron chi connectivity index (χ4n) is 2.83. The highest BCUT2D eigenvalue weighted by Gasteiger charge is 2.31.